The van der Waals surface area contributed by atoms with Crippen molar-refractivity contribution in [1.82, 2.24) is 9.50 Å². The molecule has 0 saturated heterocycles. The topological polar surface area (TPSA) is 44.2 Å². The van der Waals surface area contributed by atoms with E-state index in [0.29, 0.717) is 10.4 Å². The Morgan fingerprint density at radius 2 is 1.76 bits per heavy atom. The minimum atomic E-state index is -4.51. The molecule has 3 rings (SSSR count). The fraction of sp³-hybridized carbons (Fsp3) is 0.0769. The Morgan fingerprint density at radius 3 is 2.38 bits per heavy atom. The number of benzene rings is 1. The smallest absolute Gasteiger partial charge is 0.417 e. The molecule has 2 heterocycles. The first-order valence-corrected chi connectivity index (χ1v) is 6.60. The molecule has 0 bridgehead atoms. The molecular formula is C13H7BrF3N3O. The summed E-state index contributed by atoms with van der Waals surface area (Å²) in [5.41, 5.74) is -0.235. The van der Waals surface area contributed by atoms with E-state index in [9.17, 15) is 18.4 Å². The highest BCUT2D eigenvalue weighted by molar-refractivity contribution is 9.10. The minimum Gasteiger partial charge on any atom is -0.692 e. The van der Waals surface area contributed by atoms with Gasteiger partial charge in [0.05, 0.1) is 17.3 Å². The lowest BCUT2D eigenvalue weighted by atomic mass is 10.2. The summed E-state index contributed by atoms with van der Waals surface area (Å²) in [6.07, 6.45) is -3.78. The number of hydrogen-bond donors (Lipinski definition) is 0. The predicted octanol–water partition coefficient (Wildman–Crippen LogP) is 3.42. The second kappa shape index (κ2) is 4.73. The molecule has 108 valence electrons. The van der Waals surface area contributed by atoms with Crippen molar-refractivity contribution in [3.8, 4) is 11.4 Å². The predicted molar refractivity (Wildman–Crippen MR) is 72.3 cm³/mol. The number of nitrogens with zero attached hydrogens (tertiary/aromatic N) is 3. The molecule has 0 fully saturated rings. The Balaban J connectivity index is 2.18. The monoisotopic (exact) mass is 357 g/mol. The van der Waals surface area contributed by atoms with Gasteiger partial charge < -0.3 is 5.21 Å². The molecule has 1 aromatic carbocycles. The Labute approximate surface area is 125 Å². The van der Waals surface area contributed by atoms with Crippen molar-refractivity contribution in [3.63, 3.8) is 0 Å². The van der Waals surface area contributed by atoms with Gasteiger partial charge in [0.2, 0.25) is 0 Å². The summed E-state index contributed by atoms with van der Waals surface area (Å²) < 4.78 is 39.7. The molecule has 0 saturated carbocycles. The van der Waals surface area contributed by atoms with Crippen LogP contribution in [-0.2, 0) is 6.18 Å². The SMILES string of the molecule is [O-][n+]1c(-c2ccc(Br)cc2)nc2ccc(C(F)(F)F)cn21. The van der Waals surface area contributed by atoms with Crippen LogP contribution in [0.25, 0.3) is 17.0 Å². The Bertz CT molecular complexity index is 812. The molecule has 4 nitrogen and oxygen atoms in total. The summed E-state index contributed by atoms with van der Waals surface area (Å²) in [4.78, 5) is 4.41. The van der Waals surface area contributed by atoms with Crippen LogP contribution in [0.1, 0.15) is 5.56 Å². The van der Waals surface area contributed by atoms with Crippen molar-refractivity contribution in [2.75, 3.05) is 0 Å². The lowest BCUT2D eigenvalue weighted by molar-refractivity contribution is -0.667. The minimum absolute atomic E-state index is 0.0434. The number of hydrogen-bond acceptors (Lipinski definition) is 2. The zero-order chi connectivity index (χ0) is 15.2. The standard InChI is InChI=1S/C13H7BrF3N3O/c14-10-4-1-8(2-5-10)12-18-11-6-3-9(13(15,16)17)7-19(11)20(12)21/h1-7H. The van der Waals surface area contributed by atoms with Gasteiger partial charge in [-0.05, 0) is 35.3 Å². The maximum atomic E-state index is 12.7. The van der Waals surface area contributed by atoms with Gasteiger partial charge in [0.1, 0.15) is 0 Å². The summed E-state index contributed by atoms with van der Waals surface area (Å²) in [5.74, 6) is 0.0434. The van der Waals surface area contributed by atoms with E-state index in [-0.39, 0.29) is 11.5 Å². The van der Waals surface area contributed by atoms with Crippen LogP contribution in [-0.4, -0.2) is 9.50 Å². The second-order valence-corrected chi connectivity index (χ2v) is 5.25. The van der Waals surface area contributed by atoms with Gasteiger partial charge in [-0.25, -0.2) is 0 Å². The first kappa shape index (κ1) is 13.9. The molecular weight excluding hydrogens is 351 g/mol. The number of alkyl halides is 3. The molecule has 8 heteroatoms. The molecule has 0 unspecified atom stereocenters. The van der Waals surface area contributed by atoms with E-state index in [4.69, 9.17) is 0 Å². The molecule has 0 amide bonds. The lowest BCUT2D eigenvalue weighted by Crippen LogP contribution is -2.35. The number of pyridine rings is 1. The molecule has 0 atom stereocenters. The van der Waals surface area contributed by atoms with Crippen molar-refractivity contribution in [2.24, 2.45) is 0 Å². The van der Waals surface area contributed by atoms with Crippen LogP contribution in [0.2, 0.25) is 0 Å². The third kappa shape index (κ3) is 2.46. The van der Waals surface area contributed by atoms with Crippen molar-refractivity contribution in [1.29, 1.82) is 0 Å². The van der Waals surface area contributed by atoms with Crippen molar-refractivity contribution < 1.29 is 18.0 Å². The number of halogens is 4. The van der Waals surface area contributed by atoms with Crippen LogP contribution in [0.5, 0.6) is 0 Å². The van der Waals surface area contributed by atoms with Crippen LogP contribution in [0.15, 0.2) is 47.1 Å². The Kier molecular flexibility index (Phi) is 3.12. The van der Waals surface area contributed by atoms with Crippen molar-refractivity contribution >= 4 is 21.6 Å². The maximum Gasteiger partial charge on any atom is 0.417 e. The van der Waals surface area contributed by atoms with Gasteiger partial charge >= 0.3 is 12.0 Å². The van der Waals surface area contributed by atoms with Gasteiger partial charge in [-0.15, -0.1) is 9.36 Å². The lowest BCUT2D eigenvalue weighted by Gasteiger charge is -2.07. The summed E-state index contributed by atoms with van der Waals surface area (Å²) >= 11 is 3.27. The average Bonchev–Trinajstić information content (AvgIpc) is 2.76. The van der Waals surface area contributed by atoms with Gasteiger partial charge in [-0.3, -0.25) is 0 Å². The van der Waals surface area contributed by atoms with Crippen molar-refractivity contribution in [3.05, 3.63) is 57.8 Å². The molecule has 3 aromatic rings. The Hall–Kier alpha value is -2.09. The van der Waals surface area contributed by atoms with Crippen LogP contribution in [0.3, 0.4) is 0 Å². The van der Waals surface area contributed by atoms with Crippen LogP contribution < -0.4 is 4.85 Å². The second-order valence-electron chi connectivity index (χ2n) is 4.33. The summed E-state index contributed by atoms with van der Waals surface area (Å²) in [5, 5.41) is 12.1. The number of rotatable bonds is 1. The highest BCUT2D eigenvalue weighted by Gasteiger charge is 2.32. The third-order valence-electron chi connectivity index (χ3n) is 2.94. The first-order chi connectivity index (χ1) is 9.86. The molecule has 0 spiro atoms. The van der Waals surface area contributed by atoms with Crippen LogP contribution in [0, 0.1) is 5.21 Å². The van der Waals surface area contributed by atoms with Gasteiger partial charge in [-0.1, -0.05) is 15.9 Å². The van der Waals surface area contributed by atoms with E-state index >= 15 is 0 Å². The molecule has 0 radical (unpaired) electrons. The maximum absolute atomic E-state index is 12.7. The summed E-state index contributed by atoms with van der Waals surface area (Å²) in [6.45, 7) is 0. The van der Waals surface area contributed by atoms with E-state index in [2.05, 4.69) is 20.9 Å². The van der Waals surface area contributed by atoms with Crippen LogP contribution in [0.4, 0.5) is 13.2 Å². The highest BCUT2D eigenvalue weighted by atomic mass is 79.9. The Morgan fingerprint density at radius 1 is 1.10 bits per heavy atom. The molecule has 2 aromatic heterocycles. The molecule has 0 aliphatic rings. The zero-order valence-electron chi connectivity index (χ0n) is 10.3. The summed E-state index contributed by atoms with van der Waals surface area (Å²) in [6, 6.07) is 8.82. The van der Waals surface area contributed by atoms with Crippen LogP contribution >= 0.6 is 15.9 Å². The average molecular weight is 358 g/mol. The normalized spacial score (nSPS) is 12.0. The largest absolute Gasteiger partial charge is 0.692 e. The van der Waals surface area contributed by atoms with Crippen molar-refractivity contribution in [2.45, 2.75) is 6.18 Å². The van der Waals surface area contributed by atoms with E-state index in [0.717, 1.165) is 21.3 Å². The fourth-order valence-corrected chi connectivity index (χ4v) is 2.17. The zero-order valence-corrected chi connectivity index (χ0v) is 11.9. The quantitative estimate of drug-likeness (QED) is 0.494. The van der Waals surface area contributed by atoms with E-state index < -0.39 is 11.7 Å². The van der Waals surface area contributed by atoms with Gasteiger partial charge in [0, 0.05) is 10.5 Å². The van der Waals surface area contributed by atoms with Gasteiger partial charge in [0.15, 0.2) is 0 Å². The molecule has 0 aliphatic carbocycles. The highest BCUT2D eigenvalue weighted by Crippen LogP contribution is 2.29. The summed E-state index contributed by atoms with van der Waals surface area (Å²) in [7, 11) is 0. The van der Waals surface area contributed by atoms with Gasteiger partial charge in [0.25, 0.3) is 5.65 Å². The van der Waals surface area contributed by atoms with E-state index in [1.165, 1.54) is 6.07 Å². The molecule has 21 heavy (non-hydrogen) atoms. The molecule has 0 aliphatic heterocycles. The molecule has 0 N–H and O–H groups in total. The number of aromatic nitrogens is 3. The van der Waals surface area contributed by atoms with E-state index in [1.807, 2.05) is 0 Å². The number of fused-ring (bicyclic) bond motifs is 1. The third-order valence-corrected chi connectivity index (χ3v) is 3.46. The fourth-order valence-electron chi connectivity index (χ4n) is 1.91. The first-order valence-electron chi connectivity index (χ1n) is 5.81. The van der Waals surface area contributed by atoms with Gasteiger partial charge in [-0.2, -0.15) is 13.2 Å². The van der Waals surface area contributed by atoms with E-state index in [1.54, 1.807) is 24.3 Å².